The van der Waals surface area contributed by atoms with Crippen molar-refractivity contribution in [1.82, 2.24) is 14.8 Å². The van der Waals surface area contributed by atoms with Gasteiger partial charge in [0.25, 0.3) is 0 Å². The first-order chi connectivity index (χ1) is 11.7. The molecule has 0 amide bonds. The van der Waals surface area contributed by atoms with Crippen LogP contribution in [-0.2, 0) is 11.2 Å². The van der Waals surface area contributed by atoms with E-state index in [1.165, 1.54) is 6.07 Å². The molecule has 2 heterocycles. The molecule has 0 fully saturated rings. The molecule has 4 rings (SSSR count). The van der Waals surface area contributed by atoms with Gasteiger partial charge >= 0.3 is 0 Å². The topological polar surface area (TPSA) is 39.9 Å². The summed E-state index contributed by atoms with van der Waals surface area (Å²) in [4.78, 5) is 0. The predicted octanol–water partition coefficient (Wildman–Crippen LogP) is 4.13. The lowest BCUT2D eigenvalue weighted by molar-refractivity contribution is 0.146. The lowest BCUT2D eigenvalue weighted by Crippen LogP contribution is -2.08. The van der Waals surface area contributed by atoms with Gasteiger partial charge in [-0.15, -0.1) is 10.2 Å². The monoisotopic (exact) mass is 341 g/mol. The molecule has 1 unspecified atom stereocenters. The second-order valence-corrected chi connectivity index (χ2v) is 5.89. The number of ether oxygens (including phenoxy) is 1. The van der Waals surface area contributed by atoms with Crippen molar-refractivity contribution >= 4 is 11.6 Å². The van der Waals surface area contributed by atoms with Crippen molar-refractivity contribution in [2.75, 3.05) is 0 Å². The van der Waals surface area contributed by atoms with E-state index in [9.17, 15) is 4.39 Å². The maximum atomic E-state index is 14.3. The number of hydrogen-bond acceptors (Lipinski definition) is 3. The molecule has 0 saturated carbocycles. The molecule has 1 atom stereocenters. The van der Waals surface area contributed by atoms with E-state index in [0.717, 1.165) is 17.1 Å². The van der Waals surface area contributed by atoms with E-state index in [0.29, 0.717) is 22.8 Å². The third kappa shape index (κ3) is 2.41. The number of rotatable bonds is 2. The van der Waals surface area contributed by atoms with Crippen LogP contribution in [0.4, 0.5) is 4.39 Å². The Morgan fingerprint density at radius 3 is 2.83 bits per heavy atom. The molecule has 1 aliphatic heterocycles. The highest BCUT2D eigenvalue weighted by molar-refractivity contribution is 6.30. The Kier molecular flexibility index (Phi) is 3.82. The van der Waals surface area contributed by atoms with E-state index in [-0.39, 0.29) is 5.82 Å². The van der Waals surface area contributed by atoms with Crippen LogP contribution in [0.3, 0.4) is 0 Å². The highest BCUT2D eigenvalue weighted by atomic mass is 35.5. The summed E-state index contributed by atoms with van der Waals surface area (Å²) in [5.41, 5.74) is 1.98. The molecular weight excluding hydrogens is 329 g/mol. The number of benzene rings is 2. The Hall–Kier alpha value is -2.24. The maximum Gasteiger partial charge on any atom is 0.208 e. The summed E-state index contributed by atoms with van der Waals surface area (Å²) in [5.74, 6) is 0.886. The van der Waals surface area contributed by atoms with Crippen molar-refractivity contribution in [2.45, 2.75) is 19.4 Å². The lowest BCUT2D eigenvalue weighted by Gasteiger charge is -2.19. The number of aryl methyl sites for hydroxylation is 1. The summed E-state index contributed by atoms with van der Waals surface area (Å²) in [7, 11) is 0. The molecule has 2 aromatic carbocycles. The number of halogens is 2. The molecule has 0 N–H and O–H groups in total. The molecule has 24 heavy (non-hydrogen) atoms. The molecule has 3 aromatic rings. The Morgan fingerprint density at radius 2 is 2.04 bits per heavy atom. The van der Waals surface area contributed by atoms with Crippen LogP contribution in [0.1, 0.15) is 35.8 Å². The summed E-state index contributed by atoms with van der Waals surface area (Å²) < 4.78 is 22.0. The van der Waals surface area contributed by atoms with Gasteiger partial charge in [0.1, 0.15) is 17.7 Å². The van der Waals surface area contributed by atoms with E-state index < -0.39 is 6.10 Å². The van der Waals surface area contributed by atoms with Gasteiger partial charge in [0, 0.05) is 22.6 Å². The zero-order valence-corrected chi connectivity index (χ0v) is 13.6. The van der Waals surface area contributed by atoms with Crippen molar-refractivity contribution in [3.8, 4) is 5.69 Å². The second kappa shape index (κ2) is 6.00. The third-order valence-corrected chi connectivity index (χ3v) is 4.25. The molecule has 0 aliphatic carbocycles. The molecule has 4 nitrogen and oxygen atoms in total. The number of nitrogens with zero attached hydrogens (tertiary/aromatic N) is 3. The minimum Gasteiger partial charge on any atom is -0.347 e. The molecule has 6 heteroatoms. The molecule has 0 saturated heterocycles. The first kappa shape index (κ1) is 15.3. The highest BCUT2D eigenvalue weighted by Gasteiger charge is 2.29. The SMILES string of the molecule is CCc1nnc2n1-c1ccc(Cl)cc1C(c1ccccc1F)O[C]2. The van der Waals surface area contributed by atoms with Crippen LogP contribution in [0.15, 0.2) is 42.5 Å². The quantitative estimate of drug-likeness (QED) is 0.703. The third-order valence-electron chi connectivity index (χ3n) is 4.02. The molecular formula is C18H13ClFN3O. The fourth-order valence-electron chi connectivity index (χ4n) is 2.90. The first-order valence-electron chi connectivity index (χ1n) is 7.59. The van der Waals surface area contributed by atoms with Crippen LogP contribution in [0.25, 0.3) is 5.69 Å². The lowest BCUT2D eigenvalue weighted by atomic mass is 9.99. The van der Waals surface area contributed by atoms with Crippen LogP contribution in [-0.4, -0.2) is 14.8 Å². The summed E-state index contributed by atoms with van der Waals surface area (Å²) in [6.07, 6.45) is 0.0347. The van der Waals surface area contributed by atoms with Gasteiger partial charge in [-0.1, -0.05) is 36.7 Å². The number of fused-ring (bicyclic) bond motifs is 3. The molecule has 1 aromatic heterocycles. The molecule has 0 bridgehead atoms. The van der Waals surface area contributed by atoms with Gasteiger partial charge in [0.05, 0.1) is 5.69 Å². The van der Waals surface area contributed by atoms with E-state index in [4.69, 9.17) is 16.3 Å². The van der Waals surface area contributed by atoms with Gasteiger partial charge < -0.3 is 4.74 Å². The molecule has 1 aliphatic rings. The van der Waals surface area contributed by atoms with Crippen LogP contribution in [0, 0.1) is 12.4 Å². The van der Waals surface area contributed by atoms with E-state index in [1.807, 2.05) is 17.6 Å². The average molecular weight is 342 g/mol. The Morgan fingerprint density at radius 1 is 1.21 bits per heavy atom. The summed E-state index contributed by atoms with van der Waals surface area (Å²) >= 11 is 6.19. The zero-order chi connectivity index (χ0) is 16.7. The smallest absolute Gasteiger partial charge is 0.208 e. The predicted molar refractivity (Wildman–Crippen MR) is 87.4 cm³/mol. The van der Waals surface area contributed by atoms with E-state index in [1.54, 1.807) is 30.3 Å². The van der Waals surface area contributed by atoms with E-state index >= 15 is 0 Å². The van der Waals surface area contributed by atoms with Gasteiger partial charge in [0.2, 0.25) is 6.61 Å². The second-order valence-electron chi connectivity index (χ2n) is 5.45. The van der Waals surface area contributed by atoms with E-state index in [2.05, 4.69) is 16.8 Å². The Labute approximate surface area is 143 Å². The van der Waals surface area contributed by atoms with Crippen molar-refractivity contribution < 1.29 is 9.13 Å². The van der Waals surface area contributed by atoms with Crippen LogP contribution in [0.2, 0.25) is 5.02 Å². The van der Waals surface area contributed by atoms with Gasteiger partial charge in [0.15, 0.2) is 5.82 Å². The zero-order valence-electron chi connectivity index (χ0n) is 12.8. The standard InChI is InChI=1S/C18H13ClFN3O/c1-2-16-21-22-17-10-24-18(12-5-3-4-6-14(12)20)13-9-11(19)7-8-15(13)23(16)17/h3-9,18H,2H2,1H3. The fourth-order valence-corrected chi connectivity index (χ4v) is 3.08. The molecule has 2 radical (unpaired) electrons. The maximum absolute atomic E-state index is 14.3. The van der Waals surface area contributed by atoms with Crippen molar-refractivity contribution in [1.29, 1.82) is 0 Å². The molecule has 0 spiro atoms. The number of hydrogen-bond donors (Lipinski definition) is 0. The van der Waals surface area contributed by atoms with Crippen LogP contribution in [0.5, 0.6) is 0 Å². The van der Waals surface area contributed by atoms with Crippen molar-refractivity contribution in [2.24, 2.45) is 0 Å². The Balaban J connectivity index is 1.96. The normalized spacial score (nSPS) is 16.4. The van der Waals surface area contributed by atoms with Crippen LogP contribution < -0.4 is 0 Å². The summed E-state index contributed by atoms with van der Waals surface area (Å²) in [6, 6.07) is 12.0. The molecule has 120 valence electrons. The van der Waals surface area contributed by atoms with Gasteiger partial charge in [-0.2, -0.15) is 0 Å². The largest absolute Gasteiger partial charge is 0.347 e. The van der Waals surface area contributed by atoms with Crippen molar-refractivity contribution in [3.05, 3.63) is 82.7 Å². The van der Waals surface area contributed by atoms with Crippen LogP contribution >= 0.6 is 11.6 Å². The highest BCUT2D eigenvalue weighted by Crippen LogP contribution is 2.38. The fraction of sp³-hybridized carbons (Fsp3) is 0.167. The van der Waals surface area contributed by atoms with Crippen molar-refractivity contribution in [3.63, 3.8) is 0 Å². The van der Waals surface area contributed by atoms with Gasteiger partial charge in [-0.25, -0.2) is 4.39 Å². The Bertz CT molecular complexity index is 909. The van der Waals surface area contributed by atoms with Gasteiger partial charge in [-0.05, 0) is 24.3 Å². The summed E-state index contributed by atoms with van der Waals surface area (Å²) in [6.45, 7) is 4.79. The first-order valence-corrected chi connectivity index (χ1v) is 7.97. The minimum atomic E-state index is -0.661. The minimum absolute atomic E-state index is 0.344. The summed E-state index contributed by atoms with van der Waals surface area (Å²) in [5, 5.41) is 8.82. The van der Waals surface area contributed by atoms with Gasteiger partial charge in [-0.3, -0.25) is 4.57 Å². The number of aromatic nitrogens is 3. The average Bonchev–Trinajstić information content (AvgIpc) is 2.93.